The predicted molar refractivity (Wildman–Crippen MR) is 88.1 cm³/mol. The topological polar surface area (TPSA) is 80.4 Å². The Labute approximate surface area is 140 Å². The Kier molecular flexibility index (Phi) is 4.38. The largest absolute Gasteiger partial charge is 0.486 e. The van der Waals surface area contributed by atoms with Crippen LogP contribution in [0.3, 0.4) is 0 Å². The van der Waals surface area contributed by atoms with Crippen LogP contribution >= 0.6 is 15.9 Å². The van der Waals surface area contributed by atoms with Crippen molar-refractivity contribution in [3.8, 4) is 11.5 Å². The zero-order chi connectivity index (χ0) is 16.4. The van der Waals surface area contributed by atoms with E-state index in [-0.39, 0.29) is 17.5 Å². The summed E-state index contributed by atoms with van der Waals surface area (Å²) in [6.45, 7) is 2.91. The van der Waals surface area contributed by atoms with Gasteiger partial charge in [0, 0.05) is 16.7 Å². The SMILES string of the molecule is C[C@H](NC(=O)c1ccc(=O)[nH]c1)c1cc2c(cc1Br)OCCO2. The van der Waals surface area contributed by atoms with E-state index in [2.05, 4.69) is 26.2 Å². The Balaban J connectivity index is 1.80. The third-order valence-electron chi connectivity index (χ3n) is 3.52. The summed E-state index contributed by atoms with van der Waals surface area (Å²) in [4.78, 5) is 25.8. The van der Waals surface area contributed by atoms with Crippen molar-refractivity contribution in [2.45, 2.75) is 13.0 Å². The summed E-state index contributed by atoms with van der Waals surface area (Å²) in [5, 5.41) is 2.89. The average Bonchev–Trinajstić information content (AvgIpc) is 2.54. The summed E-state index contributed by atoms with van der Waals surface area (Å²) in [5.74, 6) is 1.08. The van der Waals surface area contributed by atoms with Gasteiger partial charge in [0.05, 0.1) is 11.6 Å². The number of carbonyl (C=O) groups excluding carboxylic acids is 1. The maximum absolute atomic E-state index is 12.2. The first-order chi connectivity index (χ1) is 11.0. The van der Waals surface area contributed by atoms with Crippen LogP contribution in [0, 0.1) is 0 Å². The molecule has 2 N–H and O–H groups in total. The van der Waals surface area contributed by atoms with Gasteiger partial charge in [-0.3, -0.25) is 9.59 Å². The number of pyridine rings is 1. The van der Waals surface area contributed by atoms with Gasteiger partial charge in [-0.25, -0.2) is 0 Å². The van der Waals surface area contributed by atoms with Crippen LogP contribution in [0.25, 0.3) is 0 Å². The number of H-pyrrole nitrogens is 1. The van der Waals surface area contributed by atoms with Crippen LogP contribution in [0.1, 0.15) is 28.9 Å². The molecule has 1 atom stereocenters. The Bertz CT molecular complexity index is 783. The maximum Gasteiger partial charge on any atom is 0.253 e. The average molecular weight is 379 g/mol. The van der Waals surface area contributed by atoms with Gasteiger partial charge in [0.15, 0.2) is 11.5 Å². The highest BCUT2D eigenvalue weighted by Crippen LogP contribution is 2.37. The molecule has 0 spiro atoms. The molecule has 3 rings (SSSR count). The second kappa shape index (κ2) is 6.45. The zero-order valence-corrected chi connectivity index (χ0v) is 14.0. The van der Waals surface area contributed by atoms with E-state index in [1.54, 1.807) is 0 Å². The smallest absolute Gasteiger partial charge is 0.253 e. The minimum absolute atomic E-state index is 0.246. The Hall–Kier alpha value is -2.28. The Morgan fingerprint density at radius 1 is 1.26 bits per heavy atom. The maximum atomic E-state index is 12.2. The molecule has 0 radical (unpaired) electrons. The molecule has 2 aromatic rings. The number of halogens is 1. The molecular formula is C16H15BrN2O4. The number of aromatic nitrogens is 1. The number of nitrogens with one attached hydrogen (secondary N) is 2. The first-order valence-corrected chi connectivity index (χ1v) is 7.92. The van der Waals surface area contributed by atoms with Gasteiger partial charge in [-0.2, -0.15) is 0 Å². The number of ether oxygens (including phenoxy) is 2. The fourth-order valence-electron chi connectivity index (χ4n) is 2.32. The first kappa shape index (κ1) is 15.6. The van der Waals surface area contributed by atoms with Gasteiger partial charge in [0.25, 0.3) is 5.91 Å². The zero-order valence-electron chi connectivity index (χ0n) is 12.4. The number of aromatic amines is 1. The van der Waals surface area contributed by atoms with Crippen LogP contribution in [0.4, 0.5) is 0 Å². The highest BCUT2D eigenvalue weighted by atomic mass is 79.9. The molecule has 0 saturated heterocycles. The molecule has 120 valence electrons. The van der Waals surface area contributed by atoms with Crippen LogP contribution in [0.15, 0.2) is 39.7 Å². The Morgan fingerprint density at radius 3 is 2.61 bits per heavy atom. The number of fused-ring (bicyclic) bond motifs is 1. The molecule has 2 heterocycles. The van der Waals surface area contributed by atoms with E-state index in [9.17, 15) is 9.59 Å². The van der Waals surface area contributed by atoms with Gasteiger partial charge >= 0.3 is 0 Å². The first-order valence-electron chi connectivity index (χ1n) is 7.13. The molecule has 1 aromatic heterocycles. The fraction of sp³-hybridized carbons (Fsp3) is 0.250. The molecule has 6 nitrogen and oxygen atoms in total. The van der Waals surface area contributed by atoms with E-state index < -0.39 is 0 Å². The van der Waals surface area contributed by atoms with E-state index in [1.807, 2.05) is 19.1 Å². The number of carbonyl (C=O) groups is 1. The van der Waals surface area contributed by atoms with E-state index in [0.29, 0.717) is 30.3 Å². The van der Waals surface area contributed by atoms with Crippen LogP contribution in [-0.4, -0.2) is 24.1 Å². The number of hydrogen-bond donors (Lipinski definition) is 2. The van der Waals surface area contributed by atoms with Crippen molar-refractivity contribution in [1.29, 1.82) is 0 Å². The normalized spacial score (nSPS) is 14.2. The summed E-state index contributed by atoms with van der Waals surface area (Å²) in [7, 11) is 0. The molecule has 1 amide bonds. The van der Waals surface area contributed by atoms with Gasteiger partial charge in [0.1, 0.15) is 13.2 Å². The van der Waals surface area contributed by atoms with Crippen molar-refractivity contribution in [3.63, 3.8) is 0 Å². The highest BCUT2D eigenvalue weighted by Gasteiger charge is 2.19. The third kappa shape index (κ3) is 3.39. The lowest BCUT2D eigenvalue weighted by molar-refractivity contribution is 0.0939. The van der Waals surface area contributed by atoms with Gasteiger partial charge in [-0.05, 0) is 30.7 Å². The lowest BCUT2D eigenvalue weighted by atomic mass is 10.1. The van der Waals surface area contributed by atoms with Crippen LogP contribution in [-0.2, 0) is 0 Å². The molecule has 0 saturated carbocycles. The second-order valence-electron chi connectivity index (χ2n) is 5.15. The summed E-state index contributed by atoms with van der Waals surface area (Å²) in [5.41, 5.74) is 1.03. The Morgan fingerprint density at radius 2 is 1.96 bits per heavy atom. The third-order valence-corrected chi connectivity index (χ3v) is 4.21. The summed E-state index contributed by atoms with van der Waals surface area (Å²) < 4.78 is 11.9. The van der Waals surface area contributed by atoms with E-state index in [1.165, 1.54) is 18.3 Å². The van der Waals surface area contributed by atoms with Gasteiger partial charge in [-0.1, -0.05) is 15.9 Å². The number of benzene rings is 1. The molecule has 7 heteroatoms. The quantitative estimate of drug-likeness (QED) is 0.859. The second-order valence-corrected chi connectivity index (χ2v) is 6.01. The number of hydrogen-bond acceptors (Lipinski definition) is 4. The monoisotopic (exact) mass is 378 g/mol. The van der Waals surface area contributed by atoms with Gasteiger partial charge < -0.3 is 19.8 Å². The standard InChI is InChI=1S/C16H15BrN2O4/c1-9(19-16(21)10-2-3-15(20)18-8-10)11-6-13-14(7-12(11)17)23-5-4-22-13/h2-3,6-9H,4-5H2,1H3,(H,18,20)(H,19,21)/t9-/m0/s1. The van der Waals surface area contributed by atoms with Crippen molar-refractivity contribution in [2.24, 2.45) is 0 Å². The van der Waals surface area contributed by atoms with Gasteiger partial charge in [-0.15, -0.1) is 0 Å². The summed E-state index contributed by atoms with van der Waals surface area (Å²) in [6.07, 6.45) is 1.39. The van der Waals surface area contributed by atoms with E-state index >= 15 is 0 Å². The molecule has 23 heavy (non-hydrogen) atoms. The molecule has 1 aromatic carbocycles. The minimum Gasteiger partial charge on any atom is -0.486 e. The van der Waals surface area contributed by atoms with Crippen molar-refractivity contribution in [3.05, 3.63) is 56.4 Å². The lowest BCUT2D eigenvalue weighted by Crippen LogP contribution is -2.27. The molecule has 0 bridgehead atoms. The lowest BCUT2D eigenvalue weighted by Gasteiger charge is -2.22. The predicted octanol–water partition coefficient (Wildman–Crippen LogP) is 2.40. The van der Waals surface area contributed by atoms with Crippen molar-refractivity contribution >= 4 is 21.8 Å². The van der Waals surface area contributed by atoms with Gasteiger partial charge in [0.2, 0.25) is 5.56 Å². The van der Waals surface area contributed by atoms with Crippen LogP contribution in [0.2, 0.25) is 0 Å². The molecule has 1 aliphatic rings. The van der Waals surface area contributed by atoms with Crippen molar-refractivity contribution in [1.82, 2.24) is 10.3 Å². The summed E-state index contributed by atoms with van der Waals surface area (Å²) in [6, 6.07) is 6.25. The minimum atomic E-state index is -0.268. The highest BCUT2D eigenvalue weighted by molar-refractivity contribution is 9.10. The molecule has 1 aliphatic heterocycles. The van der Waals surface area contributed by atoms with Crippen LogP contribution < -0.4 is 20.3 Å². The summed E-state index contributed by atoms with van der Waals surface area (Å²) >= 11 is 3.50. The fourth-order valence-corrected chi connectivity index (χ4v) is 2.99. The van der Waals surface area contributed by atoms with E-state index in [4.69, 9.17) is 9.47 Å². The number of rotatable bonds is 3. The molecule has 0 fully saturated rings. The number of amides is 1. The molecule has 0 aliphatic carbocycles. The van der Waals surface area contributed by atoms with Crippen molar-refractivity contribution < 1.29 is 14.3 Å². The van der Waals surface area contributed by atoms with Crippen LogP contribution in [0.5, 0.6) is 11.5 Å². The van der Waals surface area contributed by atoms with E-state index in [0.717, 1.165) is 10.0 Å². The molecule has 0 unspecified atom stereocenters. The van der Waals surface area contributed by atoms with Crippen molar-refractivity contribution in [2.75, 3.05) is 13.2 Å². The molecular weight excluding hydrogens is 364 g/mol.